The first-order valence-corrected chi connectivity index (χ1v) is 10.0. The molecule has 2 fully saturated rings. The highest BCUT2D eigenvalue weighted by Crippen LogP contribution is 2.30. The second-order valence-electron chi connectivity index (χ2n) is 8.26. The molecule has 0 radical (unpaired) electrons. The van der Waals surface area contributed by atoms with Gasteiger partial charge in [0.15, 0.2) is 0 Å². The summed E-state index contributed by atoms with van der Waals surface area (Å²) < 4.78 is 0. The molecule has 2 saturated heterocycles. The van der Waals surface area contributed by atoms with Gasteiger partial charge in [-0.05, 0) is 37.9 Å². The Hall–Kier alpha value is -1.40. The Labute approximate surface area is 154 Å². The molecule has 1 atom stereocenters. The van der Waals surface area contributed by atoms with Crippen molar-refractivity contribution in [3.63, 3.8) is 0 Å². The highest BCUT2D eigenvalue weighted by molar-refractivity contribution is 7.18. The molecule has 6 heteroatoms. The van der Waals surface area contributed by atoms with Crippen LogP contribution in [0.3, 0.4) is 0 Å². The zero-order chi connectivity index (χ0) is 18.2. The molecule has 1 N–H and O–H groups in total. The first-order chi connectivity index (χ1) is 11.8. The lowest BCUT2D eigenvalue weighted by molar-refractivity contribution is -0.123. The van der Waals surface area contributed by atoms with E-state index in [-0.39, 0.29) is 11.8 Å². The number of anilines is 1. The third-order valence-electron chi connectivity index (χ3n) is 5.15. The lowest BCUT2D eigenvalue weighted by Crippen LogP contribution is -2.56. The molecule has 2 aliphatic rings. The predicted molar refractivity (Wildman–Crippen MR) is 102 cm³/mol. The van der Waals surface area contributed by atoms with Gasteiger partial charge in [0.1, 0.15) is 0 Å². The highest BCUT2D eigenvalue weighted by Gasteiger charge is 2.32. The van der Waals surface area contributed by atoms with E-state index in [1.54, 1.807) is 0 Å². The van der Waals surface area contributed by atoms with Crippen molar-refractivity contribution >= 4 is 28.2 Å². The minimum atomic E-state index is -0.445. The van der Waals surface area contributed by atoms with Gasteiger partial charge in [0, 0.05) is 31.1 Å². The van der Waals surface area contributed by atoms with Crippen molar-refractivity contribution < 1.29 is 9.59 Å². The SMILES string of the molecule is Cc1cc(NC(=O)C(C)(C)C)sc1C(=O)N1CCN2CCCCC2C1. The number of piperazine rings is 1. The summed E-state index contributed by atoms with van der Waals surface area (Å²) in [5, 5.41) is 3.71. The Kier molecular flexibility index (Phi) is 5.21. The number of carbonyl (C=O) groups excluding carboxylic acids is 2. The number of piperidine rings is 1. The molecule has 1 aromatic heterocycles. The number of rotatable bonds is 2. The van der Waals surface area contributed by atoms with Gasteiger partial charge >= 0.3 is 0 Å². The van der Waals surface area contributed by atoms with Crippen molar-refractivity contribution in [1.82, 2.24) is 9.80 Å². The Bertz CT molecular complexity index is 662. The Morgan fingerprint density at radius 2 is 1.96 bits per heavy atom. The molecule has 0 aromatic carbocycles. The molecule has 1 aromatic rings. The van der Waals surface area contributed by atoms with Crippen LogP contribution in [0.1, 0.15) is 55.3 Å². The lowest BCUT2D eigenvalue weighted by atomic mass is 9.96. The molecule has 3 rings (SSSR count). The van der Waals surface area contributed by atoms with Gasteiger partial charge in [-0.2, -0.15) is 0 Å². The molecule has 2 aliphatic heterocycles. The van der Waals surface area contributed by atoms with Crippen LogP contribution in [0.5, 0.6) is 0 Å². The monoisotopic (exact) mass is 363 g/mol. The van der Waals surface area contributed by atoms with E-state index in [0.29, 0.717) is 6.04 Å². The minimum absolute atomic E-state index is 0.0245. The number of carbonyl (C=O) groups is 2. The molecule has 25 heavy (non-hydrogen) atoms. The van der Waals surface area contributed by atoms with Crippen molar-refractivity contribution in [2.45, 2.75) is 53.0 Å². The quantitative estimate of drug-likeness (QED) is 0.877. The van der Waals surface area contributed by atoms with Crippen LogP contribution < -0.4 is 5.32 Å². The van der Waals surface area contributed by atoms with Gasteiger partial charge < -0.3 is 10.2 Å². The molecule has 1 unspecified atom stereocenters. The zero-order valence-electron chi connectivity index (χ0n) is 15.7. The van der Waals surface area contributed by atoms with E-state index >= 15 is 0 Å². The topological polar surface area (TPSA) is 52.7 Å². The van der Waals surface area contributed by atoms with Crippen LogP contribution in [0.4, 0.5) is 5.00 Å². The average molecular weight is 364 g/mol. The number of nitrogens with zero attached hydrogens (tertiary/aromatic N) is 2. The summed E-state index contributed by atoms with van der Waals surface area (Å²) >= 11 is 1.40. The van der Waals surface area contributed by atoms with E-state index in [0.717, 1.165) is 35.1 Å². The number of amides is 2. The van der Waals surface area contributed by atoms with Crippen molar-refractivity contribution in [1.29, 1.82) is 0 Å². The summed E-state index contributed by atoms with van der Waals surface area (Å²) in [6, 6.07) is 2.44. The van der Waals surface area contributed by atoms with Gasteiger partial charge in [-0.1, -0.05) is 27.2 Å². The second-order valence-corrected chi connectivity index (χ2v) is 9.32. The van der Waals surface area contributed by atoms with Crippen LogP contribution >= 0.6 is 11.3 Å². The largest absolute Gasteiger partial charge is 0.335 e. The fraction of sp³-hybridized carbons (Fsp3) is 0.684. The molecule has 0 spiro atoms. The summed E-state index contributed by atoms with van der Waals surface area (Å²) in [7, 11) is 0. The van der Waals surface area contributed by atoms with Crippen LogP contribution in [0.2, 0.25) is 0 Å². The van der Waals surface area contributed by atoms with Crippen LogP contribution in [0.15, 0.2) is 6.07 Å². The van der Waals surface area contributed by atoms with Gasteiger partial charge in [-0.15, -0.1) is 11.3 Å². The molecule has 0 bridgehead atoms. The Morgan fingerprint density at radius 1 is 1.20 bits per heavy atom. The Morgan fingerprint density at radius 3 is 2.68 bits per heavy atom. The summed E-state index contributed by atoms with van der Waals surface area (Å²) in [6.07, 6.45) is 3.75. The molecular weight excluding hydrogens is 334 g/mol. The van der Waals surface area contributed by atoms with Crippen LogP contribution in [-0.2, 0) is 4.79 Å². The number of nitrogens with one attached hydrogen (secondary N) is 1. The Balaban J connectivity index is 1.69. The molecule has 0 aliphatic carbocycles. The number of hydrogen-bond donors (Lipinski definition) is 1. The molecule has 0 saturated carbocycles. The van der Waals surface area contributed by atoms with E-state index in [9.17, 15) is 9.59 Å². The fourth-order valence-electron chi connectivity index (χ4n) is 3.54. The van der Waals surface area contributed by atoms with Gasteiger partial charge in [0.25, 0.3) is 5.91 Å². The summed E-state index contributed by atoms with van der Waals surface area (Å²) in [5.41, 5.74) is 0.504. The van der Waals surface area contributed by atoms with E-state index in [1.807, 2.05) is 38.7 Å². The maximum atomic E-state index is 13.0. The van der Waals surface area contributed by atoms with Crippen molar-refractivity contribution in [3.8, 4) is 0 Å². The van der Waals surface area contributed by atoms with Gasteiger partial charge in [0.05, 0.1) is 9.88 Å². The van der Waals surface area contributed by atoms with E-state index in [4.69, 9.17) is 0 Å². The molecule has 3 heterocycles. The lowest BCUT2D eigenvalue weighted by Gasteiger charge is -2.44. The predicted octanol–water partition coefficient (Wildman–Crippen LogP) is 3.35. The summed E-state index contributed by atoms with van der Waals surface area (Å²) in [6.45, 7) is 11.4. The number of thiophene rings is 1. The minimum Gasteiger partial charge on any atom is -0.335 e. The number of fused-ring (bicyclic) bond motifs is 1. The van der Waals surface area contributed by atoms with Crippen LogP contribution in [0, 0.1) is 12.3 Å². The van der Waals surface area contributed by atoms with E-state index in [2.05, 4.69) is 10.2 Å². The normalized spacial score (nSPS) is 21.8. The van der Waals surface area contributed by atoms with Gasteiger partial charge in [0.2, 0.25) is 5.91 Å². The summed E-state index contributed by atoms with van der Waals surface area (Å²) in [5.74, 6) is 0.0903. The third kappa shape index (κ3) is 4.06. The number of hydrogen-bond acceptors (Lipinski definition) is 4. The standard InChI is InChI=1S/C19H29N3O2S/c1-13-11-15(20-18(24)19(2,3)4)25-16(13)17(23)22-10-9-21-8-6-5-7-14(21)12-22/h11,14H,5-10,12H2,1-4H3,(H,20,24). The van der Waals surface area contributed by atoms with Crippen molar-refractivity contribution in [2.75, 3.05) is 31.5 Å². The van der Waals surface area contributed by atoms with E-state index < -0.39 is 5.41 Å². The van der Waals surface area contributed by atoms with Crippen LogP contribution in [0.25, 0.3) is 0 Å². The first-order valence-electron chi connectivity index (χ1n) is 9.21. The average Bonchev–Trinajstić information content (AvgIpc) is 2.93. The van der Waals surface area contributed by atoms with Crippen LogP contribution in [-0.4, -0.2) is 53.8 Å². The molecular formula is C19H29N3O2S. The molecule has 5 nitrogen and oxygen atoms in total. The molecule has 138 valence electrons. The smallest absolute Gasteiger partial charge is 0.264 e. The first kappa shape index (κ1) is 18.4. The second kappa shape index (κ2) is 7.08. The van der Waals surface area contributed by atoms with Gasteiger partial charge in [-0.25, -0.2) is 0 Å². The third-order valence-corrected chi connectivity index (χ3v) is 6.30. The number of aryl methyl sites for hydroxylation is 1. The van der Waals surface area contributed by atoms with Crippen molar-refractivity contribution in [3.05, 3.63) is 16.5 Å². The zero-order valence-corrected chi connectivity index (χ0v) is 16.5. The maximum Gasteiger partial charge on any atom is 0.264 e. The highest BCUT2D eigenvalue weighted by atomic mass is 32.1. The van der Waals surface area contributed by atoms with Gasteiger partial charge in [-0.3, -0.25) is 14.5 Å². The van der Waals surface area contributed by atoms with Crippen molar-refractivity contribution in [2.24, 2.45) is 5.41 Å². The summed E-state index contributed by atoms with van der Waals surface area (Å²) in [4.78, 5) is 30.5. The van der Waals surface area contributed by atoms with E-state index in [1.165, 1.54) is 37.1 Å². The maximum absolute atomic E-state index is 13.0. The molecule has 2 amide bonds. The fourth-order valence-corrected chi connectivity index (χ4v) is 4.58.